The minimum absolute atomic E-state index is 0.417. The first-order valence-corrected chi connectivity index (χ1v) is 10.5. The molecule has 0 aliphatic carbocycles. The lowest BCUT2D eigenvalue weighted by Gasteiger charge is -2.38. The van der Waals surface area contributed by atoms with Gasteiger partial charge in [-0.2, -0.15) is 0 Å². The number of likely N-dealkylation sites (tertiary alicyclic amines) is 1. The topological polar surface area (TPSA) is 31.6 Å². The first-order chi connectivity index (χ1) is 14.2. The van der Waals surface area contributed by atoms with Crippen molar-refractivity contribution in [3.63, 3.8) is 0 Å². The Labute approximate surface area is 178 Å². The van der Waals surface area contributed by atoms with Gasteiger partial charge in [0.2, 0.25) is 0 Å². The van der Waals surface area contributed by atoms with Crippen LogP contribution in [0.15, 0.2) is 77.4 Å². The molecule has 4 nitrogen and oxygen atoms in total. The Kier molecular flexibility index (Phi) is 6.27. The Morgan fingerprint density at radius 3 is 2.34 bits per heavy atom. The number of hydrogen-bond donors (Lipinski definition) is 1. The molecule has 0 radical (unpaired) electrons. The summed E-state index contributed by atoms with van der Waals surface area (Å²) in [7, 11) is 2.18. The highest BCUT2D eigenvalue weighted by atomic mass is 32.1. The van der Waals surface area contributed by atoms with Crippen LogP contribution in [0, 0.1) is 0 Å². The molecule has 1 N–H and O–H groups in total. The van der Waals surface area contributed by atoms with Crippen LogP contribution in [0.1, 0.15) is 18.6 Å². The molecule has 29 heavy (non-hydrogen) atoms. The maximum Gasteiger partial charge on any atom is 0.174 e. The van der Waals surface area contributed by atoms with Crippen molar-refractivity contribution in [1.82, 2.24) is 9.80 Å². The van der Waals surface area contributed by atoms with Gasteiger partial charge in [-0.3, -0.25) is 0 Å². The molecular formula is C24H27N3OS. The Hall–Kier alpha value is -2.63. The lowest BCUT2D eigenvalue weighted by atomic mass is 10.0. The fourth-order valence-corrected chi connectivity index (χ4v) is 4.15. The minimum Gasteiger partial charge on any atom is -0.467 e. The molecule has 0 spiro atoms. The summed E-state index contributed by atoms with van der Waals surface area (Å²) in [5.41, 5.74) is 3.42. The number of thiocarbonyl (C=S) groups is 1. The monoisotopic (exact) mass is 405 g/mol. The maximum absolute atomic E-state index is 5.83. The van der Waals surface area contributed by atoms with Crippen LogP contribution in [0.3, 0.4) is 0 Å². The standard InChI is InChI=1S/C24H27N3OS/c1-26-15-13-22(14-16-26)27(18-23-8-5-17-28-23)24(29)25-21-11-9-20(10-12-21)19-6-3-2-4-7-19/h2-12,17,22H,13-16,18H2,1H3,(H,25,29). The van der Waals surface area contributed by atoms with Gasteiger partial charge in [0.25, 0.3) is 0 Å². The highest BCUT2D eigenvalue weighted by Crippen LogP contribution is 2.23. The van der Waals surface area contributed by atoms with Crippen LogP contribution >= 0.6 is 12.2 Å². The molecule has 2 heterocycles. The van der Waals surface area contributed by atoms with Gasteiger partial charge in [-0.15, -0.1) is 0 Å². The second-order valence-electron chi connectivity index (χ2n) is 7.62. The van der Waals surface area contributed by atoms with Gasteiger partial charge < -0.3 is 19.5 Å². The molecule has 0 saturated carbocycles. The van der Waals surface area contributed by atoms with Crippen molar-refractivity contribution in [3.8, 4) is 11.1 Å². The molecular weight excluding hydrogens is 378 g/mol. The van der Waals surface area contributed by atoms with Crippen LogP contribution in [0.2, 0.25) is 0 Å². The van der Waals surface area contributed by atoms with Gasteiger partial charge in [-0.05, 0) is 80.6 Å². The van der Waals surface area contributed by atoms with Gasteiger partial charge in [0.15, 0.2) is 5.11 Å². The molecule has 4 rings (SSSR count). The molecule has 0 amide bonds. The van der Waals surface area contributed by atoms with Gasteiger partial charge in [0, 0.05) is 11.7 Å². The van der Waals surface area contributed by atoms with Crippen molar-refractivity contribution < 1.29 is 4.42 Å². The van der Waals surface area contributed by atoms with Crippen LogP contribution in [0.25, 0.3) is 11.1 Å². The fraction of sp³-hybridized carbons (Fsp3) is 0.292. The zero-order chi connectivity index (χ0) is 20.1. The highest BCUT2D eigenvalue weighted by molar-refractivity contribution is 7.80. The average molecular weight is 406 g/mol. The van der Waals surface area contributed by atoms with E-state index in [9.17, 15) is 0 Å². The Balaban J connectivity index is 1.47. The summed E-state index contributed by atoms with van der Waals surface area (Å²) >= 11 is 5.83. The zero-order valence-electron chi connectivity index (χ0n) is 16.8. The van der Waals surface area contributed by atoms with Gasteiger partial charge in [0.1, 0.15) is 5.76 Å². The SMILES string of the molecule is CN1CCC(N(Cc2ccco2)C(=S)Nc2ccc(-c3ccccc3)cc2)CC1. The molecule has 5 heteroatoms. The lowest BCUT2D eigenvalue weighted by Crippen LogP contribution is -2.47. The van der Waals surface area contributed by atoms with Crippen molar-refractivity contribution in [1.29, 1.82) is 0 Å². The van der Waals surface area contributed by atoms with E-state index in [0.29, 0.717) is 12.6 Å². The van der Waals surface area contributed by atoms with Gasteiger partial charge in [-0.25, -0.2) is 0 Å². The van der Waals surface area contributed by atoms with Crippen LogP contribution < -0.4 is 5.32 Å². The van der Waals surface area contributed by atoms with E-state index in [1.807, 2.05) is 18.2 Å². The summed E-state index contributed by atoms with van der Waals surface area (Å²) in [6.07, 6.45) is 3.93. The number of hydrogen-bond acceptors (Lipinski definition) is 3. The molecule has 1 aliphatic heterocycles. The molecule has 0 unspecified atom stereocenters. The Morgan fingerprint density at radius 2 is 1.69 bits per heavy atom. The number of benzene rings is 2. The largest absolute Gasteiger partial charge is 0.467 e. The molecule has 150 valence electrons. The van der Waals surface area contributed by atoms with E-state index in [4.69, 9.17) is 16.6 Å². The number of nitrogens with zero attached hydrogens (tertiary/aromatic N) is 2. The average Bonchev–Trinajstić information content (AvgIpc) is 3.27. The van der Waals surface area contributed by atoms with Crippen molar-refractivity contribution in [2.75, 3.05) is 25.5 Å². The van der Waals surface area contributed by atoms with Crippen LogP contribution in [0.5, 0.6) is 0 Å². The number of anilines is 1. The summed E-state index contributed by atoms with van der Waals surface area (Å²) in [6.45, 7) is 2.87. The van der Waals surface area contributed by atoms with Crippen LogP contribution in [0.4, 0.5) is 5.69 Å². The molecule has 1 saturated heterocycles. The number of nitrogens with one attached hydrogen (secondary N) is 1. The Bertz CT molecular complexity index is 901. The van der Waals surface area contributed by atoms with E-state index < -0.39 is 0 Å². The molecule has 2 aromatic carbocycles. The third-order valence-electron chi connectivity index (χ3n) is 5.54. The smallest absolute Gasteiger partial charge is 0.174 e. The third-order valence-corrected chi connectivity index (χ3v) is 5.88. The summed E-state index contributed by atoms with van der Waals surface area (Å²) in [5.74, 6) is 0.938. The van der Waals surface area contributed by atoms with E-state index in [1.165, 1.54) is 11.1 Å². The quantitative estimate of drug-likeness (QED) is 0.587. The summed E-state index contributed by atoms with van der Waals surface area (Å²) in [5, 5.41) is 4.20. The van der Waals surface area contributed by atoms with Crippen molar-refractivity contribution in [3.05, 3.63) is 78.8 Å². The van der Waals surface area contributed by atoms with E-state index in [0.717, 1.165) is 42.5 Å². The molecule has 0 bridgehead atoms. The lowest BCUT2D eigenvalue weighted by molar-refractivity contribution is 0.168. The first kappa shape index (κ1) is 19.7. The zero-order valence-corrected chi connectivity index (χ0v) is 17.6. The second kappa shape index (κ2) is 9.25. The summed E-state index contributed by atoms with van der Waals surface area (Å²) < 4.78 is 5.60. The summed E-state index contributed by atoms with van der Waals surface area (Å²) in [4.78, 5) is 4.66. The number of furan rings is 1. The fourth-order valence-electron chi connectivity index (χ4n) is 3.82. The van der Waals surface area contributed by atoms with Gasteiger partial charge >= 0.3 is 0 Å². The van der Waals surface area contributed by atoms with Gasteiger partial charge in [0.05, 0.1) is 12.8 Å². The van der Waals surface area contributed by atoms with Crippen molar-refractivity contribution in [2.24, 2.45) is 0 Å². The highest BCUT2D eigenvalue weighted by Gasteiger charge is 2.26. The van der Waals surface area contributed by atoms with Crippen molar-refractivity contribution >= 4 is 23.0 Å². The van der Waals surface area contributed by atoms with E-state index in [2.05, 4.69) is 70.7 Å². The molecule has 3 aromatic rings. The number of piperidine rings is 1. The van der Waals surface area contributed by atoms with Crippen molar-refractivity contribution in [2.45, 2.75) is 25.4 Å². The minimum atomic E-state index is 0.417. The van der Waals surface area contributed by atoms with Gasteiger partial charge in [-0.1, -0.05) is 42.5 Å². The second-order valence-corrected chi connectivity index (χ2v) is 8.00. The van der Waals surface area contributed by atoms with Crippen LogP contribution in [-0.4, -0.2) is 41.1 Å². The summed E-state index contributed by atoms with van der Waals surface area (Å²) in [6, 6.07) is 23.2. The molecule has 1 aliphatic rings. The maximum atomic E-state index is 5.83. The van der Waals surface area contributed by atoms with E-state index in [1.54, 1.807) is 6.26 Å². The molecule has 0 atom stereocenters. The Morgan fingerprint density at radius 1 is 1.00 bits per heavy atom. The molecule has 1 aromatic heterocycles. The predicted octanol–water partition coefficient (Wildman–Crippen LogP) is 5.24. The van der Waals surface area contributed by atoms with E-state index >= 15 is 0 Å². The molecule has 1 fully saturated rings. The first-order valence-electron chi connectivity index (χ1n) is 10.1. The normalized spacial score (nSPS) is 15.2. The number of rotatable bonds is 5. The van der Waals surface area contributed by atoms with E-state index in [-0.39, 0.29) is 0 Å². The van der Waals surface area contributed by atoms with Crippen LogP contribution in [-0.2, 0) is 6.54 Å². The predicted molar refractivity (Wildman–Crippen MR) is 123 cm³/mol. The third kappa shape index (κ3) is 5.05.